The summed E-state index contributed by atoms with van der Waals surface area (Å²) in [5.41, 5.74) is 9.58. The zero-order chi connectivity index (χ0) is 21.1. The van der Waals surface area contributed by atoms with Crippen LogP contribution in [0.5, 0.6) is 0 Å². The molecule has 10 heteroatoms. The summed E-state index contributed by atoms with van der Waals surface area (Å²) in [6.45, 7) is 2.97. The van der Waals surface area contributed by atoms with Crippen LogP contribution in [0, 0.1) is 0 Å². The molecule has 1 aliphatic heterocycles. The summed E-state index contributed by atoms with van der Waals surface area (Å²) in [4.78, 5) is 25.0. The molecule has 0 radical (unpaired) electrons. The molecule has 2 rings (SSSR count). The normalized spacial score (nSPS) is 15.3. The predicted octanol–water partition coefficient (Wildman–Crippen LogP) is 1.86. The minimum Gasteiger partial charge on any atom is -0.463 e. The van der Waals surface area contributed by atoms with Gasteiger partial charge in [-0.15, -0.1) is 0 Å². The fourth-order valence-electron chi connectivity index (χ4n) is 2.93. The molecule has 1 aliphatic rings. The van der Waals surface area contributed by atoms with Gasteiger partial charge in [-0.2, -0.15) is 13.2 Å². The number of rotatable bonds is 5. The van der Waals surface area contributed by atoms with E-state index in [1.54, 1.807) is 0 Å². The number of carbonyl (C=O) groups is 2. The first kappa shape index (κ1) is 21.1. The lowest BCUT2D eigenvalue weighted by atomic mass is 9.80. The van der Waals surface area contributed by atoms with Crippen molar-refractivity contribution in [3.05, 3.63) is 58.2 Å². The highest BCUT2D eigenvalue weighted by molar-refractivity contribution is 6.00. The number of esters is 2. The van der Waals surface area contributed by atoms with Crippen LogP contribution in [0.15, 0.2) is 47.1 Å². The van der Waals surface area contributed by atoms with Gasteiger partial charge in [0.1, 0.15) is 11.6 Å². The van der Waals surface area contributed by atoms with Crippen LogP contribution in [-0.4, -0.2) is 25.2 Å². The Bertz CT molecular complexity index is 807. The third kappa shape index (κ3) is 4.05. The van der Waals surface area contributed by atoms with Crippen LogP contribution in [-0.2, 0) is 25.2 Å². The predicted molar refractivity (Wildman–Crippen MR) is 93.0 cm³/mol. The van der Waals surface area contributed by atoms with Gasteiger partial charge in [0.05, 0.1) is 35.8 Å². The molecule has 7 nitrogen and oxygen atoms in total. The Morgan fingerprint density at radius 3 is 1.89 bits per heavy atom. The molecule has 1 aromatic rings. The minimum atomic E-state index is -4.75. The topological polar surface area (TPSA) is 117 Å². The summed E-state index contributed by atoms with van der Waals surface area (Å²) in [7, 11) is 0. The van der Waals surface area contributed by atoms with Crippen molar-refractivity contribution in [1.29, 1.82) is 0 Å². The molecule has 0 saturated heterocycles. The average molecular weight is 399 g/mol. The largest absolute Gasteiger partial charge is 0.463 e. The number of dihydropyridines is 1. The van der Waals surface area contributed by atoms with Gasteiger partial charge >= 0.3 is 18.1 Å². The van der Waals surface area contributed by atoms with Gasteiger partial charge in [0.2, 0.25) is 0 Å². The molecule has 5 N–H and O–H groups in total. The van der Waals surface area contributed by atoms with Crippen molar-refractivity contribution in [2.45, 2.75) is 25.9 Å². The molecule has 0 saturated carbocycles. The van der Waals surface area contributed by atoms with Gasteiger partial charge in [0, 0.05) is 0 Å². The number of hydrogen-bond donors (Lipinski definition) is 3. The van der Waals surface area contributed by atoms with Crippen LogP contribution >= 0.6 is 0 Å². The van der Waals surface area contributed by atoms with E-state index in [4.69, 9.17) is 20.9 Å². The average Bonchev–Trinajstić information content (AvgIpc) is 2.60. The lowest BCUT2D eigenvalue weighted by Gasteiger charge is -2.30. The highest BCUT2D eigenvalue weighted by atomic mass is 19.4. The fraction of sp³-hybridized carbons (Fsp3) is 0.333. The van der Waals surface area contributed by atoms with Gasteiger partial charge in [-0.3, -0.25) is 0 Å². The Hall–Kier alpha value is -3.17. The number of ether oxygens (including phenoxy) is 2. The number of benzene rings is 1. The van der Waals surface area contributed by atoms with Gasteiger partial charge < -0.3 is 26.3 Å². The number of carbonyl (C=O) groups excluding carboxylic acids is 2. The van der Waals surface area contributed by atoms with Crippen LogP contribution in [0.25, 0.3) is 0 Å². The van der Waals surface area contributed by atoms with Crippen molar-refractivity contribution in [3.8, 4) is 0 Å². The third-order valence-electron chi connectivity index (χ3n) is 3.99. The first-order chi connectivity index (χ1) is 13.1. The molecule has 0 atom stereocenters. The minimum absolute atomic E-state index is 0.0445. The fourth-order valence-corrected chi connectivity index (χ4v) is 2.93. The van der Waals surface area contributed by atoms with Gasteiger partial charge in [-0.25, -0.2) is 9.59 Å². The first-order valence-corrected chi connectivity index (χ1v) is 8.40. The van der Waals surface area contributed by atoms with Gasteiger partial charge in [-0.05, 0) is 25.5 Å². The molecule has 0 unspecified atom stereocenters. The summed E-state index contributed by atoms with van der Waals surface area (Å²) in [5, 5.41) is 2.45. The number of alkyl halides is 3. The van der Waals surface area contributed by atoms with Crippen LogP contribution < -0.4 is 16.8 Å². The van der Waals surface area contributed by atoms with Crippen LogP contribution in [0.2, 0.25) is 0 Å². The van der Waals surface area contributed by atoms with E-state index in [-0.39, 0.29) is 41.6 Å². The lowest BCUT2D eigenvalue weighted by molar-refractivity contribution is -0.142. The highest BCUT2D eigenvalue weighted by Crippen LogP contribution is 2.43. The van der Waals surface area contributed by atoms with Crippen LogP contribution in [0.3, 0.4) is 0 Å². The second-order valence-corrected chi connectivity index (χ2v) is 5.74. The highest BCUT2D eigenvalue weighted by Gasteiger charge is 2.43. The molecule has 1 heterocycles. The summed E-state index contributed by atoms with van der Waals surface area (Å²) in [6, 6.07) is 4.54. The maximum absolute atomic E-state index is 13.6. The molecule has 28 heavy (non-hydrogen) atoms. The second kappa shape index (κ2) is 8.24. The van der Waals surface area contributed by atoms with E-state index in [9.17, 15) is 22.8 Å². The molecule has 0 amide bonds. The first-order valence-electron chi connectivity index (χ1n) is 8.40. The van der Waals surface area contributed by atoms with E-state index in [2.05, 4.69) is 5.32 Å². The van der Waals surface area contributed by atoms with Gasteiger partial charge in [-0.1, -0.05) is 18.2 Å². The number of hydrogen-bond acceptors (Lipinski definition) is 7. The molecule has 0 aliphatic carbocycles. The molecular formula is C18H20F3N3O4. The monoisotopic (exact) mass is 399 g/mol. The second-order valence-electron chi connectivity index (χ2n) is 5.74. The van der Waals surface area contributed by atoms with E-state index in [0.29, 0.717) is 0 Å². The molecule has 1 aromatic carbocycles. The Balaban J connectivity index is 2.78. The molecule has 0 fully saturated rings. The third-order valence-corrected chi connectivity index (χ3v) is 3.99. The number of halogens is 3. The zero-order valence-electron chi connectivity index (χ0n) is 15.2. The van der Waals surface area contributed by atoms with Crippen molar-refractivity contribution in [2.24, 2.45) is 11.5 Å². The SMILES string of the molecule is CCOC(=O)C1=C(N)NC(N)=C(C(=O)OCC)C1c1ccccc1C(F)(F)F. The van der Waals surface area contributed by atoms with Crippen LogP contribution in [0.1, 0.15) is 30.9 Å². The molecular weight excluding hydrogens is 379 g/mol. The number of nitrogens with two attached hydrogens (primary N) is 2. The van der Waals surface area contributed by atoms with Crippen molar-refractivity contribution in [3.63, 3.8) is 0 Å². The van der Waals surface area contributed by atoms with Crippen molar-refractivity contribution >= 4 is 11.9 Å². The molecule has 0 spiro atoms. The summed E-state index contributed by atoms with van der Waals surface area (Å²) in [6.07, 6.45) is -4.75. The Morgan fingerprint density at radius 1 is 1.00 bits per heavy atom. The Labute approximate surface area is 159 Å². The quantitative estimate of drug-likeness (QED) is 0.647. The van der Waals surface area contributed by atoms with E-state index < -0.39 is 29.6 Å². The standard InChI is InChI=1S/C18H20F3N3O4/c1-3-27-16(25)12-11(9-7-5-6-8-10(9)18(19,20)21)13(17(26)28-4-2)15(23)24-14(12)22/h5-8,11,24H,3-4,22-23H2,1-2H3. The van der Waals surface area contributed by atoms with Crippen LogP contribution in [0.4, 0.5) is 13.2 Å². The Morgan fingerprint density at radius 2 is 1.46 bits per heavy atom. The molecule has 0 bridgehead atoms. The smallest absolute Gasteiger partial charge is 0.416 e. The summed E-state index contributed by atoms with van der Waals surface area (Å²) >= 11 is 0. The van der Waals surface area contributed by atoms with Crippen molar-refractivity contribution < 1.29 is 32.2 Å². The molecule has 0 aromatic heterocycles. The zero-order valence-corrected chi connectivity index (χ0v) is 15.2. The number of nitrogens with one attached hydrogen (secondary N) is 1. The van der Waals surface area contributed by atoms with Gasteiger partial charge in [0.25, 0.3) is 0 Å². The summed E-state index contributed by atoms with van der Waals surface area (Å²) < 4.78 is 50.7. The maximum atomic E-state index is 13.6. The van der Waals surface area contributed by atoms with E-state index in [1.165, 1.54) is 26.0 Å². The van der Waals surface area contributed by atoms with E-state index >= 15 is 0 Å². The summed E-state index contributed by atoms with van der Waals surface area (Å²) in [5.74, 6) is -4.05. The van der Waals surface area contributed by atoms with Crippen molar-refractivity contribution in [2.75, 3.05) is 13.2 Å². The molecule has 152 valence electrons. The van der Waals surface area contributed by atoms with E-state index in [1.807, 2.05) is 0 Å². The lowest BCUT2D eigenvalue weighted by Crippen LogP contribution is -2.40. The van der Waals surface area contributed by atoms with E-state index in [0.717, 1.165) is 12.1 Å². The van der Waals surface area contributed by atoms with Gasteiger partial charge in [0.15, 0.2) is 0 Å². The Kier molecular flexibility index (Phi) is 6.22. The van der Waals surface area contributed by atoms with Crippen molar-refractivity contribution in [1.82, 2.24) is 5.32 Å². The maximum Gasteiger partial charge on any atom is 0.416 e.